The van der Waals surface area contributed by atoms with Gasteiger partial charge in [-0.1, -0.05) is 11.6 Å². The molecule has 4 nitrogen and oxygen atoms in total. The SMILES string of the molecule is CCOc1c(F)cc([C@@H](CCO)N2CCNCC2)cc1Cl. The Morgan fingerprint density at radius 2 is 2.14 bits per heavy atom. The van der Waals surface area contributed by atoms with Crippen LogP contribution in [-0.2, 0) is 0 Å². The molecule has 1 saturated heterocycles. The molecule has 0 saturated carbocycles. The number of rotatable bonds is 6. The van der Waals surface area contributed by atoms with Crippen LogP contribution in [0.25, 0.3) is 0 Å². The van der Waals surface area contributed by atoms with Crippen molar-refractivity contribution in [2.45, 2.75) is 19.4 Å². The van der Waals surface area contributed by atoms with Crippen LogP contribution in [0.4, 0.5) is 4.39 Å². The van der Waals surface area contributed by atoms with Crippen LogP contribution < -0.4 is 10.1 Å². The Morgan fingerprint density at radius 3 is 2.71 bits per heavy atom. The maximum Gasteiger partial charge on any atom is 0.173 e. The monoisotopic (exact) mass is 316 g/mol. The van der Waals surface area contributed by atoms with E-state index in [1.807, 2.05) is 0 Å². The quantitative estimate of drug-likeness (QED) is 0.844. The van der Waals surface area contributed by atoms with Crippen molar-refractivity contribution in [3.05, 3.63) is 28.5 Å². The number of hydrogen-bond donors (Lipinski definition) is 2. The predicted molar refractivity (Wildman–Crippen MR) is 81.5 cm³/mol. The Kier molecular flexibility index (Phi) is 6.23. The third kappa shape index (κ3) is 4.07. The molecule has 1 fully saturated rings. The molecule has 0 aromatic heterocycles. The fourth-order valence-electron chi connectivity index (χ4n) is 2.73. The third-order valence-corrected chi connectivity index (χ3v) is 3.97. The van der Waals surface area contributed by atoms with Crippen LogP contribution in [0.15, 0.2) is 12.1 Å². The average Bonchev–Trinajstić information content (AvgIpc) is 2.49. The van der Waals surface area contributed by atoms with Gasteiger partial charge in [0.2, 0.25) is 0 Å². The lowest BCUT2D eigenvalue weighted by molar-refractivity contribution is 0.141. The Labute approximate surface area is 129 Å². The minimum atomic E-state index is -0.447. The van der Waals surface area contributed by atoms with Gasteiger partial charge in [-0.15, -0.1) is 0 Å². The fraction of sp³-hybridized carbons (Fsp3) is 0.600. The lowest BCUT2D eigenvalue weighted by Gasteiger charge is -2.35. The number of aliphatic hydroxyl groups is 1. The van der Waals surface area contributed by atoms with Crippen molar-refractivity contribution in [1.29, 1.82) is 0 Å². The number of ether oxygens (including phenoxy) is 1. The van der Waals surface area contributed by atoms with Crippen LogP contribution >= 0.6 is 11.6 Å². The Balaban J connectivity index is 2.27. The van der Waals surface area contributed by atoms with Crippen molar-refractivity contribution in [1.82, 2.24) is 10.2 Å². The molecular weight excluding hydrogens is 295 g/mol. The Hall–Kier alpha value is -0.880. The summed E-state index contributed by atoms with van der Waals surface area (Å²) < 4.78 is 19.4. The highest BCUT2D eigenvalue weighted by atomic mass is 35.5. The van der Waals surface area contributed by atoms with Gasteiger partial charge in [0.25, 0.3) is 0 Å². The van der Waals surface area contributed by atoms with E-state index in [1.54, 1.807) is 13.0 Å². The third-order valence-electron chi connectivity index (χ3n) is 3.69. The molecule has 1 aromatic carbocycles. The maximum atomic E-state index is 14.2. The van der Waals surface area contributed by atoms with E-state index in [0.29, 0.717) is 13.0 Å². The Bertz CT molecular complexity index is 444. The van der Waals surface area contributed by atoms with E-state index in [1.165, 1.54) is 6.07 Å². The minimum Gasteiger partial charge on any atom is -0.489 e. The number of aliphatic hydroxyl groups excluding tert-OH is 1. The van der Waals surface area contributed by atoms with E-state index < -0.39 is 5.82 Å². The number of piperazine rings is 1. The second-order valence-corrected chi connectivity index (χ2v) is 5.47. The summed E-state index contributed by atoms with van der Waals surface area (Å²) in [5, 5.41) is 12.9. The van der Waals surface area contributed by atoms with Crippen LogP contribution in [0.3, 0.4) is 0 Å². The van der Waals surface area contributed by atoms with Crippen LogP contribution in [0.5, 0.6) is 5.75 Å². The number of nitrogens with one attached hydrogen (secondary N) is 1. The molecule has 0 bridgehead atoms. The molecule has 2 rings (SSSR count). The summed E-state index contributed by atoms with van der Waals surface area (Å²) in [5.74, 6) is -0.344. The van der Waals surface area contributed by atoms with Crippen molar-refractivity contribution < 1.29 is 14.2 Å². The molecule has 1 aliphatic heterocycles. The van der Waals surface area contributed by atoms with Crippen molar-refractivity contribution >= 4 is 11.6 Å². The van der Waals surface area contributed by atoms with E-state index in [-0.39, 0.29) is 23.4 Å². The van der Waals surface area contributed by atoms with E-state index in [4.69, 9.17) is 16.3 Å². The summed E-state index contributed by atoms with van der Waals surface area (Å²) in [6.45, 7) is 5.76. The molecule has 0 amide bonds. The zero-order chi connectivity index (χ0) is 15.2. The number of benzene rings is 1. The van der Waals surface area contributed by atoms with Gasteiger partial charge in [0.1, 0.15) is 0 Å². The first kappa shape index (κ1) is 16.5. The molecular formula is C15H22ClFN2O2. The molecule has 1 atom stereocenters. The lowest BCUT2D eigenvalue weighted by atomic mass is 10.0. The first-order valence-electron chi connectivity index (χ1n) is 7.34. The highest BCUT2D eigenvalue weighted by Crippen LogP contribution is 2.34. The van der Waals surface area contributed by atoms with E-state index in [9.17, 15) is 9.50 Å². The van der Waals surface area contributed by atoms with Gasteiger partial charge in [-0.25, -0.2) is 4.39 Å². The molecule has 1 heterocycles. The molecule has 0 spiro atoms. The zero-order valence-corrected chi connectivity index (χ0v) is 13.0. The van der Waals surface area contributed by atoms with Crippen LogP contribution in [0.1, 0.15) is 24.9 Å². The topological polar surface area (TPSA) is 44.7 Å². The molecule has 1 aliphatic rings. The normalized spacial score (nSPS) is 17.7. The number of hydrogen-bond acceptors (Lipinski definition) is 4. The van der Waals surface area contributed by atoms with Gasteiger partial charge >= 0.3 is 0 Å². The summed E-state index contributed by atoms with van der Waals surface area (Å²) in [7, 11) is 0. The van der Waals surface area contributed by atoms with Gasteiger partial charge in [-0.05, 0) is 31.0 Å². The molecule has 0 aliphatic carbocycles. The highest BCUT2D eigenvalue weighted by Gasteiger charge is 2.24. The van der Waals surface area contributed by atoms with Gasteiger partial charge in [0.15, 0.2) is 11.6 Å². The summed E-state index contributed by atoms with van der Waals surface area (Å²) in [6, 6.07) is 3.19. The molecule has 0 unspecified atom stereocenters. The second-order valence-electron chi connectivity index (χ2n) is 5.06. The summed E-state index contributed by atoms with van der Waals surface area (Å²) in [4.78, 5) is 2.25. The van der Waals surface area contributed by atoms with Gasteiger partial charge in [-0.3, -0.25) is 4.90 Å². The molecule has 118 valence electrons. The minimum absolute atomic E-state index is 0.0280. The van der Waals surface area contributed by atoms with Gasteiger partial charge < -0.3 is 15.2 Å². The summed E-state index contributed by atoms with van der Waals surface area (Å²) >= 11 is 6.14. The molecule has 0 radical (unpaired) electrons. The van der Waals surface area contributed by atoms with Crippen molar-refractivity contribution in [2.24, 2.45) is 0 Å². The second kappa shape index (κ2) is 7.94. The van der Waals surface area contributed by atoms with Gasteiger partial charge in [-0.2, -0.15) is 0 Å². The van der Waals surface area contributed by atoms with Gasteiger partial charge in [0.05, 0.1) is 11.6 Å². The smallest absolute Gasteiger partial charge is 0.173 e. The molecule has 6 heteroatoms. The van der Waals surface area contributed by atoms with Crippen molar-refractivity contribution in [3.63, 3.8) is 0 Å². The molecule has 2 N–H and O–H groups in total. The standard InChI is InChI=1S/C15H22ClFN2O2/c1-2-21-15-12(16)9-11(10-13(15)17)14(3-8-20)19-6-4-18-5-7-19/h9-10,14,18,20H,2-8H2,1H3/t14-/m1/s1. The van der Waals surface area contributed by atoms with Crippen LogP contribution in [0, 0.1) is 5.82 Å². The first-order chi connectivity index (χ1) is 10.2. The number of halogens is 2. The summed E-state index contributed by atoms with van der Waals surface area (Å²) in [6.07, 6.45) is 0.559. The fourth-order valence-corrected chi connectivity index (χ4v) is 3.00. The predicted octanol–water partition coefficient (Wildman–Crippen LogP) is 2.21. The molecule has 1 aromatic rings. The van der Waals surface area contributed by atoms with Crippen molar-refractivity contribution in [2.75, 3.05) is 39.4 Å². The number of nitrogens with zero attached hydrogens (tertiary/aromatic N) is 1. The molecule has 21 heavy (non-hydrogen) atoms. The van der Waals surface area contributed by atoms with E-state index in [2.05, 4.69) is 10.2 Å². The Morgan fingerprint density at radius 1 is 1.43 bits per heavy atom. The first-order valence-corrected chi connectivity index (χ1v) is 7.72. The average molecular weight is 317 g/mol. The highest BCUT2D eigenvalue weighted by molar-refractivity contribution is 6.32. The van der Waals surface area contributed by atoms with Crippen LogP contribution in [0.2, 0.25) is 5.02 Å². The van der Waals surface area contributed by atoms with Crippen molar-refractivity contribution in [3.8, 4) is 5.75 Å². The van der Waals surface area contributed by atoms with Gasteiger partial charge in [0, 0.05) is 38.8 Å². The van der Waals surface area contributed by atoms with Crippen LogP contribution in [-0.4, -0.2) is 49.4 Å². The summed E-state index contributed by atoms with van der Waals surface area (Å²) in [5.41, 5.74) is 0.789. The maximum absolute atomic E-state index is 14.2. The van der Waals surface area contributed by atoms with E-state index in [0.717, 1.165) is 31.7 Å². The lowest BCUT2D eigenvalue weighted by Crippen LogP contribution is -2.45. The van der Waals surface area contributed by atoms with E-state index >= 15 is 0 Å². The largest absolute Gasteiger partial charge is 0.489 e. The zero-order valence-electron chi connectivity index (χ0n) is 12.2.